The molecule has 0 fully saturated rings. The summed E-state index contributed by atoms with van der Waals surface area (Å²) in [6, 6.07) is 5.97. The Morgan fingerprint density at radius 2 is 1.50 bits per heavy atom. The molecule has 0 aliphatic heterocycles. The van der Waals surface area contributed by atoms with Crippen LogP contribution in [0, 0.1) is 0 Å². The predicted octanol–water partition coefficient (Wildman–Crippen LogP) is 2.64. The van der Waals surface area contributed by atoms with Gasteiger partial charge in [0.15, 0.2) is 0 Å². The van der Waals surface area contributed by atoms with Crippen LogP contribution >= 0.6 is 0 Å². The summed E-state index contributed by atoms with van der Waals surface area (Å²) in [5.74, 6) is 0. The van der Waals surface area contributed by atoms with Gasteiger partial charge in [-0.05, 0) is 12.5 Å². The van der Waals surface area contributed by atoms with Crippen molar-refractivity contribution in [3.8, 4) is 0 Å². The maximum Gasteiger partial charge on any atom is 0.263 e. The van der Waals surface area contributed by atoms with Gasteiger partial charge in [0.05, 0.1) is 0 Å². The van der Waals surface area contributed by atoms with Gasteiger partial charge in [-0.25, -0.2) is 8.78 Å². The first-order chi connectivity index (χ1) is 5.61. The SMILES string of the molecule is C[C@@H](N)c1ccc(C(F)F)cc1. The average Bonchev–Trinajstić information content (AvgIpc) is 2.04. The smallest absolute Gasteiger partial charge is 0.263 e. The monoisotopic (exact) mass is 171 g/mol. The van der Waals surface area contributed by atoms with E-state index in [0.29, 0.717) is 0 Å². The lowest BCUT2D eigenvalue weighted by atomic mass is 10.1. The Kier molecular flexibility index (Phi) is 2.76. The Labute approximate surface area is 70.2 Å². The third kappa shape index (κ3) is 2.01. The van der Waals surface area contributed by atoms with E-state index in [1.54, 1.807) is 12.1 Å². The molecule has 2 N–H and O–H groups in total. The third-order valence-corrected chi connectivity index (χ3v) is 1.71. The lowest BCUT2D eigenvalue weighted by molar-refractivity contribution is 0.151. The van der Waals surface area contributed by atoms with Crippen LogP contribution in [0.5, 0.6) is 0 Å². The van der Waals surface area contributed by atoms with Gasteiger partial charge in [0.1, 0.15) is 0 Å². The first-order valence-electron chi connectivity index (χ1n) is 3.75. The molecule has 0 saturated carbocycles. The lowest BCUT2D eigenvalue weighted by Gasteiger charge is -2.05. The molecule has 0 heterocycles. The molecule has 0 aliphatic rings. The van der Waals surface area contributed by atoms with Crippen molar-refractivity contribution in [2.24, 2.45) is 5.73 Å². The van der Waals surface area contributed by atoms with Crippen molar-refractivity contribution < 1.29 is 8.78 Å². The van der Waals surface area contributed by atoms with E-state index >= 15 is 0 Å². The van der Waals surface area contributed by atoms with Gasteiger partial charge in [-0.1, -0.05) is 24.3 Å². The zero-order chi connectivity index (χ0) is 9.14. The Hall–Kier alpha value is -0.960. The zero-order valence-corrected chi connectivity index (χ0v) is 6.80. The Morgan fingerprint density at radius 3 is 1.83 bits per heavy atom. The van der Waals surface area contributed by atoms with E-state index in [-0.39, 0.29) is 11.6 Å². The minimum Gasteiger partial charge on any atom is -0.324 e. The highest BCUT2D eigenvalue weighted by Gasteiger charge is 2.06. The Bertz CT molecular complexity index is 214. The molecule has 1 atom stereocenters. The summed E-state index contributed by atoms with van der Waals surface area (Å²) in [6.45, 7) is 1.82. The van der Waals surface area contributed by atoms with Gasteiger partial charge in [0.25, 0.3) is 6.43 Å². The first-order valence-corrected chi connectivity index (χ1v) is 3.75. The molecule has 1 rings (SSSR count). The van der Waals surface area contributed by atoms with Crippen LogP contribution in [0.25, 0.3) is 0 Å². The number of rotatable bonds is 2. The second kappa shape index (κ2) is 3.63. The van der Waals surface area contributed by atoms with Gasteiger partial charge >= 0.3 is 0 Å². The van der Waals surface area contributed by atoms with Gasteiger partial charge in [0.2, 0.25) is 0 Å². The second-order valence-electron chi connectivity index (χ2n) is 2.76. The first kappa shape index (κ1) is 9.13. The highest BCUT2D eigenvalue weighted by atomic mass is 19.3. The van der Waals surface area contributed by atoms with Gasteiger partial charge in [-0.2, -0.15) is 0 Å². The summed E-state index contributed by atoms with van der Waals surface area (Å²) in [5.41, 5.74) is 6.47. The van der Waals surface area contributed by atoms with E-state index < -0.39 is 6.43 Å². The van der Waals surface area contributed by atoms with Crippen LogP contribution in [0.15, 0.2) is 24.3 Å². The van der Waals surface area contributed by atoms with E-state index in [1.807, 2.05) is 6.92 Å². The largest absolute Gasteiger partial charge is 0.324 e. The number of halogens is 2. The second-order valence-corrected chi connectivity index (χ2v) is 2.76. The minimum atomic E-state index is -2.40. The number of hydrogen-bond acceptors (Lipinski definition) is 1. The lowest BCUT2D eigenvalue weighted by Crippen LogP contribution is -2.04. The van der Waals surface area contributed by atoms with Crippen LogP contribution < -0.4 is 5.73 Å². The molecule has 0 aliphatic carbocycles. The van der Waals surface area contributed by atoms with Crippen LogP contribution in [-0.2, 0) is 0 Å². The van der Waals surface area contributed by atoms with Crippen molar-refractivity contribution in [3.63, 3.8) is 0 Å². The van der Waals surface area contributed by atoms with Crippen molar-refractivity contribution >= 4 is 0 Å². The fourth-order valence-electron chi connectivity index (χ4n) is 0.945. The normalized spacial score (nSPS) is 13.4. The third-order valence-electron chi connectivity index (χ3n) is 1.71. The summed E-state index contributed by atoms with van der Waals surface area (Å²) in [7, 11) is 0. The van der Waals surface area contributed by atoms with E-state index in [4.69, 9.17) is 5.73 Å². The van der Waals surface area contributed by atoms with Crippen molar-refractivity contribution in [1.82, 2.24) is 0 Å². The van der Waals surface area contributed by atoms with Crippen molar-refractivity contribution in [2.75, 3.05) is 0 Å². The summed E-state index contributed by atoms with van der Waals surface area (Å²) >= 11 is 0. The molecule has 0 bridgehead atoms. The van der Waals surface area contributed by atoms with Crippen LogP contribution in [0.3, 0.4) is 0 Å². The summed E-state index contributed by atoms with van der Waals surface area (Å²) in [4.78, 5) is 0. The molecule has 1 nitrogen and oxygen atoms in total. The Morgan fingerprint density at radius 1 is 1.08 bits per heavy atom. The number of hydrogen-bond donors (Lipinski definition) is 1. The van der Waals surface area contributed by atoms with Crippen molar-refractivity contribution in [1.29, 1.82) is 0 Å². The fraction of sp³-hybridized carbons (Fsp3) is 0.333. The van der Waals surface area contributed by atoms with Crippen LogP contribution in [0.4, 0.5) is 8.78 Å². The summed E-state index contributed by atoms with van der Waals surface area (Å²) in [5, 5.41) is 0. The highest BCUT2D eigenvalue weighted by Crippen LogP contribution is 2.20. The number of nitrogens with two attached hydrogens (primary N) is 1. The molecule has 3 heteroatoms. The molecule has 0 unspecified atom stereocenters. The Balaban J connectivity index is 2.86. The van der Waals surface area contributed by atoms with Gasteiger partial charge in [0, 0.05) is 11.6 Å². The topological polar surface area (TPSA) is 26.0 Å². The van der Waals surface area contributed by atoms with Gasteiger partial charge in [-0.15, -0.1) is 0 Å². The van der Waals surface area contributed by atoms with Crippen molar-refractivity contribution in [3.05, 3.63) is 35.4 Å². The molecule has 0 spiro atoms. The van der Waals surface area contributed by atoms with Gasteiger partial charge in [-0.3, -0.25) is 0 Å². The molecule has 1 aromatic carbocycles. The molecule has 12 heavy (non-hydrogen) atoms. The summed E-state index contributed by atoms with van der Waals surface area (Å²) in [6.07, 6.45) is -2.40. The molecular weight excluding hydrogens is 160 g/mol. The molecule has 1 aromatic rings. The minimum absolute atomic E-state index is 0.0411. The molecular formula is C9H11F2N. The molecule has 66 valence electrons. The fourth-order valence-corrected chi connectivity index (χ4v) is 0.945. The number of alkyl halides is 2. The van der Waals surface area contributed by atoms with E-state index in [0.717, 1.165) is 5.56 Å². The highest BCUT2D eigenvalue weighted by molar-refractivity contribution is 5.24. The zero-order valence-electron chi connectivity index (χ0n) is 6.80. The molecule has 0 amide bonds. The van der Waals surface area contributed by atoms with E-state index in [2.05, 4.69) is 0 Å². The standard InChI is InChI=1S/C9H11F2N/c1-6(12)7-2-4-8(5-3-7)9(10)11/h2-6,9H,12H2,1H3/t6-/m1/s1. The maximum absolute atomic E-state index is 12.1. The molecule has 0 aromatic heterocycles. The van der Waals surface area contributed by atoms with E-state index in [1.165, 1.54) is 12.1 Å². The van der Waals surface area contributed by atoms with E-state index in [9.17, 15) is 8.78 Å². The van der Waals surface area contributed by atoms with Crippen LogP contribution in [-0.4, -0.2) is 0 Å². The average molecular weight is 171 g/mol. The van der Waals surface area contributed by atoms with Crippen molar-refractivity contribution in [2.45, 2.75) is 19.4 Å². The summed E-state index contributed by atoms with van der Waals surface area (Å²) < 4.78 is 24.1. The van der Waals surface area contributed by atoms with Crippen LogP contribution in [0.2, 0.25) is 0 Å². The number of benzene rings is 1. The quantitative estimate of drug-likeness (QED) is 0.727. The molecule has 0 saturated heterocycles. The van der Waals surface area contributed by atoms with Crippen LogP contribution in [0.1, 0.15) is 30.5 Å². The van der Waals surface area contributed by atoms with Gasteiger partial charge < -0.3 is 5.73 Å². The maximum atomic E-state index is 12.1. The predicted molar refractivity (Wildman–Crippen MR) is 44.0 cm³/mol. The molecule has 0 radical (unpaired) electrons.